The van der Waals surface area contributed by atoms with E-state index in [0.29, 0.717) is 76.7 Å². The second-order valence-electron chi connectivity index (χ2n) is 36.6. The predicted octanol–water partition coefficient (Wildman–Crippen LogP) is 27.9. The average Bonchev–Trinajstić information content (AvgIpc) is 1.66. The normalized spacial score (nSPS) is 10.9. The fourth-order valence-corrected chi connectivity index (χ4v) is 13.5. The van der Waals surface area contributed by atoms with Crippen molar-refractivity contribution in [3.8, 4) is 96.5 Å². The monoisotopic (exact) mass is 1830 g/mol. The Morgan fingerprint density at radius 2 is 0.708 bits per heavy atom. The predicted molar refractivity (Wildman–Crippen MR) is 555 cm³/mol. The van der Waals surface area contributed by atoms with Crippen molar-refractivity contribution in [3.05, 3.63) is 372 Å². The zero-order chi connectivity index (χ0) is 98.8. The van der Waals surface area contributed by atoms with E-state index in [2.05, 4.69) is 371 Å². The van der Waals surface area contributed by atoms with Crippen LogP contribution in [0.15, 0.2) is 302 Å². The molecule has 0 aliphatic carbocycles. The molecule has 0 bridgehead atoms. The molecule has 0 amide bonds. The highest BCUT2D eigenvalue weighted by Gasteiger charge is 2.15. The quantitative estimate of drug-likeness (QED) is 0.0772. The molecule has 708 valence electrons. The van der Waals surface area contributed by atoms with Gasteiger partial charge in [-0.25, -0.2) is 14.6 Å². The number of hydrogen-bond donors (Lipinski definition) is 0. The van der Waals surface area contributed by atoms with Crippen molar-refractivity contribution in [2.45, 2.75) is 213 Å². The first kappa shape index (κ1) is 104. The van der Waals surface area contributed by atoms with E-state index in [0.717, 1.165) is 73.8 Å². The molecule has 0 radical (unpaired) electrons. The molecule has 0 spiro atoms. The first-order valence-corrected chi connectivity index (χ1v) is 47.1. The summed E-state index contributed by atoms with van der Waals surface area (Å²) < 4.78 is 17.4. The van der Waals surface area contributed by atoms with Crippen LogP contribution in [0.25, 0.3) is 96.5 Å². The van der Waals surface area contributed by atoms with Crippen LogP contribution in [0.5, 0.6) is 0 Å². The molecule has 0 N–H and O–H groups in total. The van der Waals surface area contributed by atoms with E-state index in [1.54, 1.807) is 35.0 Å². The third-order valence-electron chi connectivity index (χ3n) is 22.8. The van der Waals surface area contributed by atoms with E-state index in [9.17, 15) is 0 Å². The third-order valence-corrected chi connectivity index (χ3v) is 22.8. The summed E-state index contributed by atoms with van der Waals surface area (Å²) >= 11 is 0. The van der Waals surface area contributed by atoms with Gasteiger partial charge in [-0.3, -0.25) is 44.3 Å². The van der Waals surface area contributed by atoms with Gasteiger partial charge in [0.2, 0.25) is 0 Å². The number of aromatic nitrogens is 21. The van der Waals surface area contributed by atoms with Gasteiger partial charge in [-0.1, -0.05) is 279 Å². The van der Waals surface area contributed by atoms with E-state index in [-0.39, 0.29) is 0 Å². The number of imidazole rings is 1. The Balaban J connectivity index is 0.000000159. The van der Waals surface area contributed by atoms with Gasteiger partial charge in [-0.15, -0.1) is 5.10 Å². The summed E-state index contributed by atoms with van der Waals surface area (Å²) in [4.78, 5) is 47.8. The minimum atomic E-state index is 0.475. The molecule has 14 heterocycles. The van der Waals surface area contributed by atoms with E-state index >= 15 is 0 Å². The molecule has 0 aliphatic rings. The lowest BCUT2D eigenvalue weighted by Crippen LogP contribution is -1.99. The lowest BCUT2D eigenvalue weighted by Gasteiger charge is -2.07. The molecule has 0 atom stereocenters. The van der Waals surface area contributed by atoms with Gasteiger partial charge < -0.3 is 13.6 Å². The summed E-state index contributed by atoms with van der Waals surface area (Å²) in [5, 5.41) is 23.4. The van der Waals surface area contributed by atoms with E-state index in [1.807, 2.05) is 172 Å². The number of aryl methyl sites for hydroxylation is 7. The molecule has 23 heteroatoms. The van der Waals surface area contributed by atoms with Gasteiger partial charge in [-0.2, -0.15) is 20.2 Å². The Hall–Kier alpha value is -14.9. The number of nitrogens with zero attached hydrogens (tertiary/aromatic N) is 21. The summed E-state index contributed by atoms with van der Waals surface area (Å²) in [6.45, 7) is 48.9. The van der Waals surface area contributed by atoms with Crippen LogP contribution < -0.4 is 0 Å². The maximum Gasteiger partial charge on any atom is 0.276 e. The number of hydrogen-bond acceptors (Lipinski definition) is 19. The minimum Gasteiger partial charge on any atom is -0.334 e. The molecule has 0 saturated carbocycles. The first-order valence-electron chi connectivity index (χ1n) is 47.1. The third kappa shape index (κ3) is 31.6. The topological polar surface area (TPSA) is 265 Å². The van der Waals surface area contributed by atoms with Crippen molar-refractivity contribution in [1.29, 1.82) is 0 Å². The van der Waals surface area contributed by atoms with Crippen molar-refractivity contribution >= 4 is 0 Å². The van der Waals surface area contributed by atoms with Crippen LogP contribution in [0.4, 0.5) is 0 Å². The Bertz CT molecular complexity index is 6320. The van der Waals surface area contributed by atoms with Crippen molar-refractivity contribution in [2.24, 2.45) is 21.1 Å². The molecular weight excluding hydrogens is 1700 g/mol. The Kier molecular flexibility index (Phi) is 39.2. The van der Waals surface area contributed by atoms with Crippen molar-refractivity contribution in [3.63, 3.8) is 0 Å². The van der Waals surface area contributed by atoms with Crippen molar-refractivity contribution < 1.29 is 9.05 Å². The van der Waals surface area contributed by atoms with Gasteiger partial charge in [-0.05, 0) is 210 Å². The SMILES string of the molecule is CC(C)c1ccc(-c2ccccc2)nc1.CC(C)c1ccc(-c2cncn2C)nc1.CC(C)c1ccc(-c2cnn(C)c2)nc1.CC(C)c1ccc(-n2ccnn2)nc1.Cc1c(-c2ccc(C(C)C)cn2)cnn1C.Cc1cccc(-c2ccc(C(C)C)cn2)c1.Cc1ccccc1-c1ccc(C(C)C)cn1.Cc1noc(-c2ccc(C(C)C)cc2)n1.Cc1noc(-c2ccc(C(C)C)cn2)n1. The number of benzene rings is 4. The highest BCUT2D eigenvalue weighted by molar-refractivity contribution is 5.65. The van der Waals surface area contributed by atoms with Crippen LogP contribution >= 0.6 is 0 Å². The molecule has 18 rings (SSSR count). The summed E-state index contributed by atoms with van der Waals surface area (Å²) in [5.74, 6) is 7.89. The van der Waals surface area contributed by atoms with Gasteiger partial charge in [0.1, 0.15) is 5.69 Å². The van der Waals surface area contributed by atoms with E-state index < -0.39 is 0 Å². The van der Waals surface area contributed by atoms with Crippen LogP contribution in [0.3, 0.4) is 0 Å². The summed E-state index contributed by atoms with van der Waals surface area (Å²) in [6, 6.07) is 68.6. The van der Waals surface area contributed by atoms with Crippen molar-refractivity contribution in [1.82, 2.24) is 104 Å². The molecule has 0 aliphatic heterocycles. The lowest BCUT2D eigenvalue weighted by molar-refractivity contribution is 0.424. The Labute approximate surface area is 810 Å². The molecule has 0 saturated heterocycles. The smallest absolute Gasteiger partial charge is 0.276 e. The molecule has 137 heavy (non-hydrogen) atoms. The molecule has 18 aromatic rings. The van der Waals surface area contributed by atoms with Gasteiger partial charge in [0.15, 0.2) is 17.5 Å². The maximum absolute atomic E-state index is 5.09. The molecule has 0 unspecified atom stereocenters. The summed E-state index contributed by atoms with van der Waals surface area (Å²) in [5.41, 5.74) is 29.7. The second kappa shape index (κ2) is 51.6. The van der Waals surface area contributed by atoms with Gasteiger partial charge in [0, 0.05) is 116 Å². The fraction of sp³-hybridized carbons (Fsp3) is 0.307. The molecule has 0 fully saturated rings. The van der Waals surface area contributed by atoms with Gasteiger partial charge in [0.25, 0.3) is 11.8 Å². The number of rotatable bonds is 18. The Morgan fingerprint density at radius 1 is 0.307 bits per heavy atom. The van der Waals surface area contributed by atoms with Gasteiger partial charge in [0.05, 0.1) is 77.2 Å². The Morgan fingerprint density at radius 3 is 1.08 bits per heavy atom. The highest BCUT2D eigenvalue weighted by Crippen LogP contribution is 2.30. The largest absolute Gasteiger partial charge is 0.334 e. The molecular formula is C114H135N21O2. The van der Waals surface area contributed by atoms with Crippen LogP contribution in [0.2, 0.25) is 0 Å². The van der Waals surface area contributed by atoms with Crippen LogP contribution in [0.1, 0.15) is 256 Å². The maximum atomic E-state index is 5.09. The average molecular weight is 1830 g/mol. The van der Waals surface area contributed by atoms with E-state index in [1.165, 1.54) is 77.9 Å². The molecule has 4 aromatic carbocycles. The fourth-order valence-electron chi connectivity index (χ4n) is 13.5. The van der Waals surface area contributed by atoms with E-state index in [4.69, 9.17) is 9.05 Å². The van der Waals surface area contributed by atoms with Crippen molar-refractivity contribution in [2.75, 3.05) is 0 Å². The zero-order valence-corrected chi connectivity index (χ0v) is 84.6. The van der Waals surface area contributed by atoms with Crippen LogP contribution in [-0.2, 0) is 21.1 Å². The number of pyridine rings is 8. The first-order chi connectivity index (χ1) is 65.7. The zero-order valence-electron chi connectivity index (χ0n) is 84.6. The lowest BCUT2D eigenvalue weighted by atomic mass is 10.0. The van der Waals surface area contributed by atoms with Gasteiger partial charge >= 0.3 is 0 Å². The highest BCUT2D eigenvalue weighted by atomic mass is 16.5. The molecule has 14 aromatic heterocycles. The van der Waals surface area contributed by atoms with Crippen LogP contribution in [0, 0.1) is 34.6 Å². The summed E-state index contributed by atoms with van der Waals surface area (Å²) in [6.07, 6.45) is 28.2. The van der Waals surface area contributed by atoms with Crippen LogP contribution in [-0.4, -0.2) is 104 Å². The standard InChI is InChI=1S/2C15H17N.C14H15N.C13H17N3.2C12H15N3.C12H14N2O.C11H13N3O.C10H12N4/c1-11(2)14-7-8-15(16-10-14)13-6-4-5-12(3)9-13;1-11(2)13-8-9-15(16-10-13)14-7-5-4-6-12(14)3;1-11(2)13-8-9-14(15-10-13)12-6-4-3-5-7-12;1-9(2)11-5-6-13(14-7-11)12-8-15-16(4)10(12)3;1-9(2)10-4-5-12(13-6-10)11-7-14-15(3)8-11;1-9(2)10-4-5-11(14-6-10)12-7-13-8-15(12)3;1-8(2)10-4-6-11(7-5-10)12-13-9(3)14-15-12;1-7(2)9-4-5-10(12-6-9)11-13-8(3)14-15-11;1-8(2)9-3-4-10(11-7-9)14-6-5-12-13-14/h2*4-11H,1-3H3;3-11H,1-2H3;5-9H,1-4H3;2*4-9H,1-3H3;4-8H,1-3H3;4-7H,1-3H3;3-8H,1-2H3. The second-order valence-corrected chi connectivity index (χ2v) is 36.6. The summed E-state index contributed by atoms with van der Waals surface area (Å²) in [7, 11) is 5.83. The minimum absolute atomic E-state index is 0.475. The molecule has 23 nitrogen and oxygen atoms in total.